The summed E-state index contributed by atoms with van der Waals surface area (Å²) in [5, 5.41) is 2.69. The molecular formula is C14H27NO2. The van der Waals surface area contributed by atoms with Crippen molar-refractivity contribution in [1.82, 2.24) is 5.32 Å². The normalized spacial score (nSPS) is 12.4. The SMILES string of the molecule is CC(C)(C)CCC(=O)CNC(=O)CC(C)(C)C. The Morgan fingerprint density at radius 2 is 1.47 bits per heavy atom. The van der Waals surface area contributed by atoms with Crippen LogP contribution >= 0.6 is 0 Å². The molecular weight excluding hydrogens is 214 g/mol. The zero-order valence-electron chi connectivity index (χ0n) is 12.1. The second kappa shape index (κ2) is 6.18. The van der Waals surface area contributed by atoms with Gasteiger partial charge in [-0.15, -0.1) is 0 Å². The molecule has 100 valence electrons. The van der Waals surface area contributed by atoms with Gasteiger partial charge in [0.05, 0.1) is 6.54 Å². The molecule has 17 heavy (non-hydrogen) atoms. The van der Waals surface area contributed by atoms with E-state index in [0.29, 0.717) is 12.8 Å². The number of hydrogen-bond acceptors (Lipinski definition) is 2. The predicted molar refractivity (Wildman–Crippen MR) is 70.8 cm³/mol. The molecule has 0 aliphatic rings. The largest absolute Gasteiger partial charge is 0.349 e. The van der Waals surface area contributed by atoms with Gasteiger partial charge in [0.2, 0.25) is 5.91 Å². The lowest BCUT2D eigenvalue weighted by Gasteiger charge is -2.18. The second-order valence-electron chi connectivity index (χ2n) is 7.11. The van der Waals surface area contributed by atoms with Gasteiger partial charge in [-0.25, -0.2) is 0 Å². The van der Waals surface area contributed by atoms with Gasteiger partial charge in [-0.1, -0.05) is 41.5 Å². The van der Waals surface area contributed by atoms with Crippen molar-refractivity contribution < 1.29 is 9.59 Å². The number of nitrogens with one attached hydrogen (secondary N) is 1. The zero-order valence-corrected chi connectivity index (χ0v) is 12.1. The number of carbonyl (C=O) groups is 2. The lowest BCUT2D eigenvalue weighted by Crippen LogP contribution is -2.32. The lowest BCUT2D eigenvalue weighted by molar-refractivity contribution is -0.126. The van der Waals surface area contributed by atoms with Crippen LogP contribution in [-0.4, -0.2) is 18.2 Å². The molecule has 0 radical (unpaired) electrons. The van der Waals surface area contributed by atoms with Crippen molar-refractivity contribution in [2.24, 2.45) is 10.8 Å². The molecule has 0 fully saturated rings. The summed E-state index contributed by atoms with van der Waals surface area (Å²) in [4.78, 5) is 23.0. The molecule has 0 unspecified atom stereocenters. The fourth-order valence-electron chi connectivity index (χ4n) is 1.34. The van der Waals surface area contributed by atoms with Gasteiger partial charge in [-0.3, -0.25) is 9.59 Å². The number of rotatable bonds is 5. The second-order valence-corrected chi connectivity index (χ2v) is 7.11. The Kier molecular flexibility index (Phi) is 5.86. The molecule has 0 aromatic rings. The van der Waals surface area contributed by atoms with Gasteiger partial charge >= 0.3 is 0 Å². The highest BCUT2D eigenvalue weighted by Crippen LogP contribution is 2.20. The summed E-state index contributed by atoms with van der Waals surface area (Å²) in [6.45, 7) is 12.5. The first-order valence-corrected chi connectivity index (χ1v) is 6.28. The number of hydrogen-bond donors (Lipinski definition) is 1. The van der Waals surface area contributed by atoms with Gasteiger partial charge in [0.15, 0.2) is 5.78 Å². The highest BCUT2D eigenvalue weighted by Gasteiger charge is 2.17. The van der Waals surface area contributed by atoms with Crippen LogP contribution < -0.4 is 5.32 Å². The summed E-state index contributed by atoms with van der Waals surface area (Å²) >= 11 is 0. The molecule has 0 atom stereocenters. The van der Waals surface area contributed by atoms with Gasteiger partial charge in [-0.05, 0) is 17.3 Å². The predicted octanol–water partition coefficient (Wildman–Crippen LogP) is 2.93. The van der Waals surface area contributed by atoms with Crippen molar-refractivity contribution in [2.45, 2.75) is 60.8 Å². The third-order valence-corrected chi connectivity index (χ3v) is 2.33. The molecule has 3 nitrogen and oxygen atoms in total. The van der Waals surface area contributed by atoms with Crippen molar-refractivity contribution in [3.63, 3.8) is 0 Å². The molecule has 0 heterocycles. The van der Waals surface area contributed by atoms with Crippen molar-refractivity contribution >= 4 is 11.7 Å². The van der Waals surface area contributed by atoms with Crippen LogP contribution in [0.3, 0.4) is 0 Å². The van der Waals surface area contributed by atoms with Crippen LogP contribution in [0.5, 0.6) is 0 Å². The Bertz CT molecular complexity index is 269. The lowest BCUT2D eigenvalue weighted by atomic mass is 9.89. The number of Topliss-reactive ketones (excluding diaryl/α,β-unsaturated/α-hetero) is 1. The molecule has 0 aliphatic heterocycles. The molecule has 0 saturated heterocycles. The van der Waals surface area contributed by atoms with Gasteiger partial charge in [-0.2, -0.15) is 0 Å². The van der Waals surface area contributed by atoms with Crippen molar-refractivity contribution in [3.05, 3.63) is 0 Å². The van der Waals surface area contributed by atoms with Crippen molar-refractivity contribution in [3.8, 4) is 0 Å². The molecule has 0 bridgehead atoms. The van der Waals surface area contributed by atoms with E-state index in [1.165, 1.54) is 0 Å². The molecule has 3 heteroatoms. The number of ketones is 1. The molecule has 0 spiro atoms. The first-order chi connectivity index (χ1) is 7.49. The monoisotopic (exact) mass is 241 g/mol. The Labute approximate surface area is 105 Å². The van der Waals surface area contributed by atoms with Gasteiger partial charge in [0.25, 0.3) is 0 Å². The minimum atomic E-state index is -0.0402. The van der Waals surface area contributed by atoms with E-state index < -0.39 is 0 Å². The third kappa shape index (κ3) is 11.4. The maximum Gasteiger partial charge on any atom is 0.220 e. The Morgan fingerprint density at radius 1 is 0.941 bits per heavy atom. The van der Waals surface area contributed by atoms with Gasteiger partial charge < -0.3 is 5.32 Å². The van der Waals surface area contributed by atoms with E-state index in [1.54, 1.807) is 0 Å². The summed E-state index contributed by atoms with van der Waals surface area (Å²) in [7, 11) is 0. The fraction of sp³-hybridized carbons (Fsp3) is 0.857. The average molecular weight is 241 g/mol. The highest BCUT2D eigenvalue weighted by molar-refractivity contribution is 5.86. The van der Waals surface area contributed by atoms with Gasteiger partial charge in [0.1, 0.15) is 0 Å². The molecule has 0 saturated carbocycles. The molecule has 1 N–H and O–H groups in total. The van der Waals surface area contributed by atoms with E-state index in [-0.39, 0.29) is 29.1 Å². The topological polar surface area (TPSA) is 46.2 Å². The Morgan fingerprint density at radius 3 is 1.88 bits per heavy atom. The minimum Gasteiger partial charge on any atom is -0.349 e. The smallest absolute Gasteiger partial charge is 0.220 e. The Hall–Kier alpha value is -0.860. The first kappa shape index (κ1) is 16.1. The summed E-state index contributed by atoms with van der Waals surface area (Å²) in [6.07, 6.45) is 1.86. The summed E-state index contributed by atoms with van der Waals surface area (Å²) in [6, 6.07) is 0. The number of amides is 1. The maximum absolute atomic E-state index is 11.5. The quantitative estimate of drug-likeness (QED) is 0.804. The molecule has 0 aromatic heterocycles. The fourth-order valence-corrected chi connectivity index (χ4v) is 1.34. The average Bonchev–Trinajstić information content (AvgIpc) is 2.07. The molecule has 1 amide bonds. The molecule has 0 rings (SSSR count). The van der Waals surface area contributed by atoms with E-state index in [0.717, 1.165) is 6.42 Å². The summed E-state index contributed by atoms with van der Waals surface area (Å²) < 4.78 is 0. The minimum absolute atomic E-state index is 0.0292. The van der Waals surface area contributed by atoms with Crippen LogP contribution in [0, 0.1) is 10.8 Å². The molecule has 0 aliphatic carbocycles. The van der Waals surface area contributed by atoms with E-state index in [9.17, 15) is 9.59 Å². The summed E-state index contributed by atoms with van der Waals surface area (Å²) in [5.74, 6) is 0.0730. The highest BCUT2D eigenvalue weighted by atomic mass is 16.2. The molecule has 0 aromatic carbocycles. The van der Waals surface area contributed by atoms with E-state index in [1.807, 2.05) is 20.8 Å². The zero-order chi connectivity index (χ0) is 13.7. The van der Waals surface area contributed by atoms with Crippen molar-refractivity contribution in [2.75, 3.05) is 6.54 Å². The van der Waals surface area contributed by atoms with Crippen LogP contribution in [0.15, 0.2) is 0 Å². The third-order valence-electron chi connectivity index (χ3n) is 2.33. The van der Waals surface area contributed by atoms with Crippen molar-refractivity contribution in [1.29, 1.82) is 0 Å². The van der Waals surface area contributed by atoms with Crippen LogP contribution in [0.4, 0.5) is 0 Å². The van der Waals surface area contributed by atoms with E-state index >= 15 is 0 Å². The van der Waals surface area contributed by atoms with E-state index in [4.69, 9.17) is 0 Å². The Balaban J connectivity index is 3.82. The van der Waals surface area contributed by atoms with Gasteiger partial charge in [0, 0.05) is 12.8 Å². The maximum atomic E-state index is 11.5. The standard InChI is InChI=1S/C14H27NO2/c1-13(2,3)8-7-11(16)10-15-12(17)9-14(4,5)6/h7-10H2,1-6H3,(H,15,17). The van der Waals surface area contributed by atoms with Crippen LogP contribution in [0.2, 0.25) is 0 Å². The first-order valence-electron chi connectivity index (χ1n) is 6.28. The van der Waals surface area contributed by atoms with E-state index in [2.05, 4.69) is 26.1 Å². The van der Waals surface area contributed by atoms with Crippen LogP contribution in [-0.2, 0) is 9.59 Å². The van der Waals surface area contributed by atoms with Crippen LogP contribution in [0.25, 0.3) is 0 Å². The summed E-state index contributed by atoms with van der Waals surface area (Å²) in [5.41, 5.74) is 0.142. The van der Waals surface area contributed by atoms with Crippen LogP contribution in [0.1, 0.15) is 60.8 Å². The number of carbonyl (C=O) groups excluding carboxylic acids is 2.